The fourth-order valence-corrected chi connectivity index (χ4v) is 12.2. The van der Waals surface area contributed by atoms with Crippen molar-refractivity contribution in [2.24, 2.45) is 10.1 Å². The average molecular weight is 1330 g/mol. The van der Waals surface area contributed by atoms with Crippen LogP contribution in [-0.2, 0) is 60.2 Å². The number of carbonyl (C=O) groups is 5. The summed E-state index contributed by atoms with van der Waals surface area (Å²) in [5, 5.41) is 23.3. The van der Waals surface area contributed by atoms with E-state index in [1.165, 1.54) is 53.7 Å². The highest BCUT2D eigenvalue weighted by Gasteiger charge is 2.44. The molecule has 0 atom stereocenters. The molecule has 2 aromatic carbocycles. The van der Waals surface area contributed by atoms with Crippen molar-refractivity contribution in [2.75, 3.05) is 29.4 Å². The van der Waals surface area contributed by atoms with E-state index in [4.69, 9.17) is 50.3 Å². The van der Waals surface area contributed by atoms with E-state index in [0.29, 0.717) is 62.7 Å². The molecule has 0 spiro atoms. The van der Waals surface area contributed by atoms with E-state index in [9.17, 15) is 41.9 Å². The number of carbonyl (C=O) groups excluding carboxylic acids is 5. The number of hydrazone groups is 1. The molecule has 0 radical (unpaired) electrons. The van der Waals surface area contributed by atoms with Gasteiger partial charge in [0.05, 0.1) is 52.8 Å². The maximum atomic E-state index is 14.5. The summed E-state index contributed by atoms with van der Waals surface area (Å²) in [4.78, 5) is 71.4. The number of fused-ring (bicyclic) bond motifs is 2. The monoisotopic (exact) mass is 1330 g/mol. The van der Waals surface area contributed by atoms with Crippen molar-refractivity contribution in [1.82, 2.24) is 34.7 Å². The quantitative estimate of drug-likeness (QED) is 0.0223. The van der Waals surface area contributed by atoms with Gasteiger partial charge in [0.1, 0.15) is 36.7 Å². The fourth-order valence-electron chi connectivity index (χ4n) is 8.34. The van der Waals surface area contributed by atoms with Crippen LogP contribution >= 0.6 is 38.8 Å². The summed E-state index contributed by atoms with van der Waals surface area (Å²) in [6, 6.07) is 10.7. The Bertz CT molecular complexity index is 3740. The van der Waals surface area contributed by atoms with Crippen molar-refractivity contribution < 1.29 is 69.0 Å². The molecular formula is C59H71Cl2F2N12O13P2+. The van der Waals surface area contributed by atoms with E-state index < -0.39 is 86.8 Å². The van der Waals surface area contributed by atoms with Gasteiger partial charge in [-0.3, -0.25) is 56.1 Å². The number of hydrogen-bond acceptors (Lipinski definition) is 22. The Morgan fingerprint density at radius 3 is 1.70 bits per heavy atom. The first-order valence-electron chi connectivity index (χ1n) is 28.4. The van der Waals surface area contributed by atoms with Gasteiger partial charge >= 0.3 is 15.6 Å². The van der Waals surface area contributed by atoms with Crippen molar-refractivity contribution in [1.29, 1.82) is 0 Å². The van der Waals surface area contributed by atoms with E-state index in [1.54, 1.807) is 99.7 Å². The van der Waals surface area contributed by atoms with Crippen molar-refractivity contribution >= 4 is 116 Å². The number of rotatable bonds is 19. The number of imide groups is 2. The average Bonchev–Trinajstić information content (AvgIpc) is 1.63. The number of anilines is 4. The van der Waals surface area contributed by atoms with Gasteiger partial charge in [-0.25, -0.2) is 27.7 Å². The van der Waals surface area contributed by atoms with Gasteiger partial charge < -0.3 is 21.3 Å². The van der Waals surface area contributed by atoms with Gasteiger partial charge in [-0.15, -0.1) is 10.0 Å². The molecule has 4 amide bonds. The lowest BCUT2D eigenvalue weighted by molar-refractivity contribution is -0.143. The molecule has 0 unspecified atom stereocenters. The first-order chi connectivity index (χ1) is 41.8. The zero-order valence-corrected chi connectivity index (χ0v) is 55.0. The van der Waals surface area contributed by atoms with E-state index in [-0.39, 0.29) is 47.0 Å². The molecule has 31 heteroatoms. The number of amidine groups is 1. The minimum Gasteiger partial charge on any atom is -0.367 e. The number of aromatic nitrogens is 3. The summed E-state index contributed by atoms with van der Waals surface area (Å²) >= 11 is 12.0. The van der Waals surface area contributed by atoms with E-state index in [0.717, 1.165) is 35.5 Å². The summed E-state index contributed by atoms with van der Waals surface area (Å²) in [7, 11) is -8.13. The molecule has 2 aliphatic carbocycles. The molecular weight excluding hydrogens is 1260 g/mol. The summed E-state index contributed by atoms with van der Waals surface area (Å²) < 4.78 is 88.8. The van der Waals surface area contributed by atoms with Crippen LogP contribution in [-0.4, -0.2) is 119 Å². The lowest BCUT2D eigenvalue weighted by atomic mass is 10.1. The molecule has 4 aliphatic heterocycles. The molecule has 25 nitrogen and oxygen atoms in total. The van der Waals surface area contributed by atoms with Crippen LogP contribution in [0.25, 0.3) is 11.7 Å². The highest BCUT2D eigenvalue weighted by Crippen LogP contribution is 2.57. The van der Waals surface area contributed by atoms with Gasteiger partial charge in [-0.05, 0) is 156 Å². The van der Waals surface area contributed by atoms with Gasteiger partial charge in [-0.2, -0.15) is 9.61 Å². The molecule has 4 aromatic rings. The van der Waals surface area contributed by atoms with Gasteiger partial charge in [0, 0.05) is 51.0 Å². The van der Waals surface area contributed by atoms with Crippen LogP contribution < -0.4 is 21.3 Å². The second-order valence-electron chi connectivity index (χ2n) is 25.2. The fraction of sp³-hybridized carbons (Fsp3) is 0.441. The summed E-state index contributed by atoms with van der Waals surface area (Å²) in [6.45, 7) is 22.7. The van der Waals surface area contributed by atoms with Crippen LogP contribution in [0.3, 0.4) is 0 Å². The SMILES string of the molecule is C=C1CC(=O)N(COP(=O)(OC(C)(C)C)OC(C)(C)C)C1=O.CC(C)(C)OP(=O)(OCN1C(=O)C/C(=C\c2cnn3c(NC4CC4)cc(Nc4cc(Cl)ccc4F)nc23)C1=O)OC(C)(C)C.O=CC1=C2N=C(Nc3cc(Cl)ccc3F)C=C(NC3CC3)N2N=[C+]1. The van der Waals surface area contributed by atoms with Gasteiger partial charge in [0.15, 0.2) is 23.5 Å². The second-order valence-corrected chi connectivity index (χ2v) is 29.1. The third-order valence-corrected chi connectivity index (χ3v) is 16.7. The van der Waals surface area contributed by atoms with E-state index in [2.05, 4.69) is 54.2 Å². The molecule has 6 heterocycles. The number of amides is 4. The predicted octanol–water partition coefficient (Wildman–Crippen LogP) is 12.2. The first kappa shape index (κ1) is 68.8. The van der Waals surface area contributed by atoms with Crippen molar-refractivity contribution in [3.8, 4) is 0 Å². The topological polar surface area (TPSA) is 288 Å². The number of phosphoric ester groups is 2. The largest absolute Gasteiger partial charge is 0.477 e. The number of aldehydes is 1. The van der Waals surface area contributed by atoms with Crippen LogP contribution in [0.15, 0.2) is 99.8 Å². The maximum Gasteiger partial charge on any atom is 0.477 e. The molecule has 4 fully saturated rings. The van der Waals surface area contributed by atoms with E-state index >= 15 is 0 Å². The number of likely N-dealkylation sites (tertiary alicyclic amines) is 2. The third-order valence-electron chi connectivity index (χ3n) is 12.2. The molecule has 2 aromatic heterocycles. The van der Waals surface area contributed by atoms with Crippen LogP contribution in [0.2, 0.25) is 10.0 Å². The zero-order chi connectivity index (χ0) is 66.1. The van der Waals surface area contributed by atoms with Crippen molar-refractivity contribution in [2.45, 2.75) is 156 Å². The minimum atomic E-state index is -4.17. The summed E-state index contributed by atoms with van der Waals surface area (Å²) in [5.74, 6) is -0.793. The Labute approximate surface area is 529 Å². The molecule has 90 heavy (non-hydrogen) atoms. The number of allylic oxidation sites excluding steroid dienone is 1. The Morgan fingerprint density at radius 2 is 1.21 bits per heavy atom. The molecule has 482 valence electrons. The van der Waals surface area contributed by atoms with Gasteiger partial charge in [-0.1, -0.05) is 29.8 Å². The molecule has 6 aliphatic rings. The molecule has 10 rings (SSSR count). The first-order valence-corrected chi connectivity index (χ1v) is 32.1. The number of hydrogen-bond donors (Lipinski definition) is 4. The smallest absolute Gasteiger partial charge is 0.367 e. The predicted molar refractivity (Wildman–Crippen MR) is 334 cm³/mol. The lowest BCUT2D eigenvalue weighted by Crippen LogP contribution is -2.33. The van der Waals surface area contributed by atoms with Gasteiger partial charge in [0.2, 0.25) is 11.8 Å². The molecule has 2 saturated heterocycles. The summed E-state index contributed by atoms with van der Waals surface area (Å²) in [6.07, 6.45) is 11.9. The van der Waals surface area contributed by atoms with Crippen molar-refractivity contribution in [3.63, 3.8) is 0 Å². The second kappa shape index (κ2) is 27.0. The number of benzene rings is 2. The normalized spacial score (nSPS) is 17.7. The van der Waals surface area contributed by atoms with Crippen molar-refractivity contribution in [3.05, 3.63) is 117 Å². The van der Waals surface area contributed by atoms with E-state index in [1.807, 2.05) is 0 Å². The highest BCUT2D eigenvalue weighted by molar-refractivity contribution is 7.48. The van der Waals surface area contributed by atoms with Crippen LogP contribution in [0.4, 0.5) is 31.8 Å². The zero-order valence-electron chi connectivity index (χ0n) is 51.7. The number of halogens is 4. The number of aliphatic imine (C=N–C) groups is 1. The summed E-state index contributed by atoms with van der Waals surface area (Å²) in [5.41, 5.74) is -1.61. The molecule has 4 N–H and O–H groups in total. The Balaban J connectivity index is 0.000000191. The number of phosphoric acid groups is 2. The standard InChI is InChI=1S/C29H35ClFN6O6P.C16H11ClFN5O.C14H24NO6P/c1-28(2,3)42-44(40,43-29(4,5)6)41-16-36-25(38)12-17(27(36)39)11-18-15-32-37-24(33-20-8-9-20)14-23(35-26(18)37)34-22-13-19(30)7-10-21(22)31;17-10-1-4-12(18)13(5-10)21-14-6-15(20-11-2-3-11)23-16(22-14)9(8-24)7-19-23;1-10-8-11(16)15(12(10)17)9-19-22(18,20-13(2,3)4)21-14(5,6)7/h7,10-11,13-15,20,33H,8-9,12,16H2,1-6H3,(H,34,35);1,4-6,8,11H,2-3H2,(H-,19,20,21,22,24);1,8-9H2,2-7H3/p+1/b17-11+;;. The van der Waals surface area contributed by atoms with Crippen LogP contribution in [0.1, 0.15) is 127 Å². The molecule has 2 saturated carbocycles. The highest BCUT2D eigenvalue weighted by atomic mass is 35.5. The van der Waals surface area contributed by atoms with Crippen LogP contribution in [0, 0.1) is 11.6 Å². The maximum absolute atomic E-state index is 14.5. The van der Waals surface area contributed by atoms with Gasteiger partial charge in [0.25, 0.3) is 29.5 Å². The number of nitrogens with zero attached hydrogens (tertiary/aromatic N) is 8. The van der Waals surface area contributed by atoms with Crippen LogP contribution in [0.5, 0.6) is 0 Å². The molecule has 0 bridgehead atoms. The Hall–Kier alpha value is -7.12. The lowest BCUT2D eigenvalue weighted by Gasteiger charge is -2.31. The Kier molecular flexibility index (Phi) is 20.6. The Morgan fingerprint density at radius 1 is 0.711 bits per heavy atom. The minimum absolute atomic E-state index is 0.0627. The number of nitrogens with one attached hydrogen (secondary N) is 4. The third kappa shape index (κ3) is 19.0.